The molecule has 1 heterocycles. The van der Waals surface area contributed by atoms with Crippen molar-refractivity contribution >= 4 is 11.4 Å². The molecular formula is C19H23FN2. The summed E-state index contributed by atoms with van der Waals surface area (Å²) in [5, 5.41) is 6.75. The van der Waals surface area contributed by atoms with E-state index in [-0.39, 0.29) is 5.82 Å². The van der Waals surface area contributed by atoms with Gasteiger partial charge in [0.25, 0.3) is 0 Å². The summed E-state index contributed by atoms with van der Waals surface area (Å²) in [5.74, 6) is -0.189. The van der Waals surface area contributed by atoms with Crippen molar-refractivity contribution in [2.75, 3.05) is 17.2 Å². The lowest BCUT2D eigenvalue weighted by atomic mass is 10.0. The fraction of sp³-hybridized carbons (Fsp3) is 0.368. The Morgan fingerprint density at radius 2 is 2.09 bits per heavy atom. The number of unbranched alkanes of at least 4 members (excludes halogenated alkanes) is 1. The van der Waals surface area contributed by atoms with Crippen molar-refractivity contribution in [2.24, 2.45) is 0 Å². The number of anilines is 2. The van der Waals surface area contributed by atoms with Crippen molar-refractivity contribution < 1.29 is 4.39 Å². The van der Waals surface area contributed by atoms with Crippen LogP contribution in [0.2, 0.25) is 0 Å². The molecule has 116 valence electrons. The van der Waals surface area contributed by atoms with E-state index < -0.39 is 0 Å². The van der Waals surface area contributed by atoms with Gasteiger partial charge in [0.2, 0.25) is 0 Å². The molecule has 2 N–H and O–H groups in total. The van der Waals surface area contributed by atoms with Crippen LogP contribution in [0.4, 0.5) is 15.8 Å². The second-order valence-corrected chi connectivity index (χ2v) is 6.14. The van der Waals surface area contributed by atoms with Gasteiger partial charge in [-0.3, -0.25) is 0 Å². The van der Waals surface area contributed by atoms with E-state index in [9.17, 15) is 4.39 Å². The lowest BCUT2D eigenvalue weighted by Gasteiger charge is -2.07. The first-order valence-electron chi connectivity index (χ1n) is 8.08. The number of halogens is 1. The molecule has 1 atom stereocenters. The molecule has 2 aromatic carbocycles. The zero-order valence-corrected chi connectivity index (χ0v) is 13.0. The summed E-state index contributed by atoms with van der Waals surface area (Å²) in [6.45, 7) is 3.10. The van der Waals surface area contributed by atoms with Crippen molar-refractivity contribution in [3.05, 3.63) is 59.4 Å². The summed E-state index contributed by atoms with van der Waals surface area (Å²) in [4.78, 5) is 0. The second kappa shape index (κ2) is 6.82. The first-order valence-corrected chi connectivity index (χ1v) is 8.08. The number of fused-ring (bicyclic) bond motifs is 1. The summed E-state index contributed by atoms with van der Waals surface area (Å²) >= 11 is 0. The molecule has 0 aromatic heterocycles. The standard InChI is InChI=1S/C19H23FN2/c1-14-11-16-12-15(8-9-19(16)22-14)5-2-3-10-21-18-7-4-6-17(20)13-18/h4,6-9,12-14,21-22H,2-3,5,10-11H2,1H3. The highest BCUT2D eigenvalue weighted by atomic mass is 19.1. The largest absolute Gasteiger partial charge is 0.385 e. The van der Waals surface area contributed by atoms with Crippen LogP contribution in [0, 0.1) is 5.82 Å². The molecular weight excluding hydrogens is 275 g/mol. The van der Waals surface area contributed by atoms with Crippen LogP contribution < -0.4 is 10.6 Å². The Balaban J connectivity index is 1.41. The smallest absolute Gasteiger partial charge is 0.125 e. The van der Waals surface area contributed by atoms with Crippen LogP contribution in [0.15, 0.2) is 42.5 Å². The Morgan fingerprint density at radius 1 is 1.18 bits per heavy atom. The molecule has 3 heteroatoms. The van der Waals surface area contributed by atoms with Gasteiger partial charge in [-0.15, -0.1) is 0 Å². The number of nitrogens with one attached hydrogen (secondary N) is 2. The monoisotopic (exact) mass is 298 g/mol. The van der Waals surface area contributed by atoms with Crippen LogP contribution in [0.1, 0.15) is 30.9 Å². The molecule has 1 unspecified atom stereocenters. The van der Waals surface area contributed by atoms with E-state index in [1.807, 2.05) is 6.07 Å². The van der Waals surface area contributed by atoms with E-state index in [2.05, 4.69) is 35.8 Å². The van der Waals surface area contributed by atoms with Crippen molar-refractivity contribution in [1.82, 2.24) is 0 Å². The van der Waals surface area contributed by atoms with Gasteiger partial charge in [0.1, 0.15) is 5.82 Å². The van der Waals surface area contributed by atoms with E-state index in [4.69, 9.17) is 0 Å². The lowest BCUT2D eigenvalue weighted by molar-refractivity contribution is 0.628. The molecule has 22 heavy (non-hydrogen) atoms. The number of hydrogen-bond donors (Lipinski definition) is 2. The van der Waals surface area contributed by atoms with E-state index in [0.29, 0.717) is 6.04 Å². The molecule has 0 saturated carbocycles. The lowest BCUT2D eigenvalue weighted by Crippen LogP contribution is -2.08. The van der Waals surface area contributed by atoms with Crippen LogP contribution in [0.5, 0.6) is 0 Å². The quantitative estimate of drug-likeness (QED) is 0.761. The highest BCUT2D eigenvalue weighted by Gasteiger charge is 2.16. The molecule has 0 spiro atoms. The highest BCUT2D eigenvalue weighted by molar-refractivity contribution is 5.57. The van der Waals surface area contributed by atoms with Gasteiger partial charge in [-0.2, -0.15) is 0 Å². The fourth-order valence-corrected chi connectivity index (χ4v) is 3.04. The first-order chi connectivity index (χ1) is 10.7. The predicted molar refractivity (Wildman–Crippen MR) is 91.1 cm³/mol. The van der Waals surface area contributed by atoms with Gasteiger partial charge in [-0.1, -0.05) is 18.2 Å². The van der Waals surface area contributed by atoms with Gasteiger partial charge in [0.15, 0.2) is 0 Å². The Kier molecular flexibility index (Phi) is 4.62. The van der Waals surface area contributed by atoms with Crippen LogP contribution in [0.25, 0.3) is 0 Å². The minimum Gasteiger partial charge on any atom is -0.385 e. The Bertz CT molecular complexity index is 639. The fourth-order valence-electron chi connectivity index (χ4n) is 3.04. The van der Waals surface area contributed by atoms with Crippen molar-refractivity contribution in [2.45, 2.75) is 38.6 Å². The summed E-state index contributed by atoms with van der Waals surface area (Å²) in [6, 6.07) is 14.0. The average molecular weight is 298 g/mol. The molecule has 1 aliphatic rings. The third-order valence-electron chi connectivity index (χ3n) is 4.14. The summed E-state index contributed by atoms with van der Waals surface area (Å²) in [6.07, 6.45) is 4.46. The van der Waals surface area contributed by atoms with Crippen molar-refractivity contribution in [3.63, 3.8) is 0 Å². The Labute approximate surface area is 131 Å². The van der Waals surface area contributed by atoms with Crippen LogP contribution in [0.3, 0.4) is 0 Å². The molecule has 0 radical (unpaired) electrons. The van der Waals surface area contributed by atoms with Crippen molar-refractivity contribution in [1.29, 1.82) is 0 Å². The maximum atomic E-state index is 13.1. The van der Waals surface area contributed by atoms with Gasteiger partial charge < -0.3 is 10.6 Å². The van der Waals surface area contributed by atoms with E-state index >= 15 is 0 Å². The van der Waals surface area contributed by atoms with Crippen molar-refractivity contribution in [3.8, 4) is 0 Å². The molecule has 0 amide bonds. The van der Waals surface area contributed by atoms with E-state index in [1.54, 1.807) is 6.07 Å². The van der Waals surface area contributed by atoms with E-state index in [1.165, 1.54) is 28.9 Å². The summed E-state index contributed by atoms with van der Waals surface area (Å²) in [5.41, 5.74) is 5.02. The molecule has 2 aromatic rings. The zero-order chi connectivity index (χ0) is 15.4. The van der Waals surface area contributed by atoms with Gasteiger partial charge in [-0.05, 0) is 68.0 Å². The van der Waals surface area contributed by atoms with Crippen LogP contribution in [-0.2, 0) is 12.8 Å². The van der Waals surface area contributed by atoms with Gasteiger partial charge in [0, 0.05) is 24.0 Å². The number of rotatable bonds is 6. The predicted octanol–water partition coefficient (Wildman–Crippen LogP) is 4.62. The topological polar surface area (TPSA) is 24.1 Å². The number of aryl methyl sites for hydroxylation is 1. The highest BCUT2D eigenvalue weighted by Crippen LogP contribution is 2.27. The summed E-state index contributed by atoms with van der Waals surface area (Å²) in [7, 11) is 0. The molecule has 1 aliphatic heterocycles. The normalized spacial score (nSPS) is 16.2. The third kappa shape index (κ3) is 3.79. The SMILES string of the molecule is CC1Cc2cc(CCCCNc3cccc(F)c3)ccc2N1. The summed E-state index contributed by atoms with van der Waals surface area (Å²) < 4.78 is 13.1. The van der Waals surface area contributed by atoms with Gasteiger partial charge in [-0.25, -0.2) is 4.39 Å². The number of hydrogen-bond acceptors (Lipinski definition) is 2. The maximum absolute atomic E-state index is 13.1. The van der Waals surface area contributed by atoms with Crippen LogP contribution in [-0.4, -0.2) is 12.6 Å². The van der Waals surface area contributed by atoms with Gasteiger partial charge >= 0.3 is 0 Å². The minimum absolute atomic E-state index is 0.189. The van der Waals surface area contributed by atoms with Gasteiger partial charge in [0.05, 0.1) is 0 Å². The third-order valence-corrected chi connectivity index (χ3v) is 4.14. The molecule has 0 aliphatic carbocycles. The molecule has 3 rings (SSSR count). The first kappa shape index (κ1) is 14.9. The minimum atomic E-state index is -0.189. The molecule has 0 saturated heterocycles. The molecule has 0 bridgehead atoms. The second-order valence-electron chi connectivity index (χ2n) is 6.14. The zero-order valence-electron chi connectivity index (χ0n) is 13.0. The van der Waals surface area contributed by atoms with E-state index in [0.717, 1.165) is 37.9 Å². The Morgan fingerprint density at radius 3 is 2.95 bits per heavy atom. The maximum Gasteiger partial charge on any atom is 0.125 e. The number of benzene rings is 2. The molecule has 0 fully saturated rings. The Hall–Kier alpha value is -2.03. The molecule has 2 nitrogen and oxygen atoms in total. The average Bonchev–Trinajstić information content (AvgIpc) is 2.86. The van der Waals surface area contributed by atoms with Crippen LogP contribution >= 0.6 is 0 Å².